The molecule has 5 heteroatoms. The van der Waals surface area contributed by atoms with E-state index in [4.69, 9.17) is 0 Å². The van der Waals surface area contributed by atoms with E-state index < -0.39 is 12.7 Å². The van der Waals surface area contributed by atoms with Gasteiger partial charge in [-0.1, -0.05) is 6.07 Å². The van der Waals surface area contributed by atoms with Crippen LogP contribution in [0.3, 0.4) is 0 Å². The van der Waals surface area contributed by atoms with Crippen LogP contribution in [0.2, 0.25) is 0 Å². The Bertz CT molecular complexity index is 259. The van der Waals surface area contributed by atoms with Gasteiger partial charge in [0.25, 0.3) is 0 Å². The van der Waals surface area contributed by atoms with Crippen molar-refractivity contribution < 1.29 is 13.2 Å². The monoisotopic (exact) mass is 204 g/mol. The van der Waals surface area contributed by atoms with Crippen LogP contribution in [-0.2, 0) is 6.42 Å². The SMILES string of the molecule is FC(F)(F)CNCCc1ccccn1. The lowest BCUT2D eigenvalue weighted by Crippen LogP contribution is -2.30. The topological polar surface area (TPSA) is 24.9 Å². The molecule has 0 saturated carbocycles. The number of alkyl halides is 3. The van der Waals surface area contributed by atoms with Gasteiger partial charge in [0.1, 0.15) is 0 Å². The molecule has 2 nitrogen and oxygen atoms in total. The van der Waals surface area contributed by atoms with Crippen LogP contribution in [0.15, 0.2) is 24.4 Å². The van der Waals surface area contributed by atoms with Crippen LogP contribution in [0.1, 0.15) is 5.69 Å². The molecule has 0 aliphatic heterocycles. The van der Waals surface area contributed by atoms with E-state index in [0.717, 1.165) is 5.69 Å². The Morgan fingerprint density at radius 3 is 2.64 bits per heavy atom. The molecule has 78 valence electrons. The molecule has 0 atom stereocenters. The van der Waals surface area contributed by atoms with Crippen molar-refractivity contribution in [3.8, 4) is 0 Å². The number of aromatic nitrogens is 1. The summed E-state index contributed by atoms with van der Waals surface area (Å²) in [6.07, 6.45) is -2.00. The highest BCUT2D eigenvalue weighted by Crippen LogP contribution is 2.11. The highest BCUT2D eigenvalue weighted by molar-refractivity contribution is 5.03. The van der Waals surface area contributed by atoms with Crippen molar-refractivity contribution in [2.45, 2.75) is 12.6 Å². The third-order valence-corrected chi connectivity index (χ3v) is 1.61. The van der Waals surface area contributed by atoms with Gasteiger partial charge in [-0.2, -0.15) is 13.2 Å². The van der Waals surface area contributed by atoms with Gasteiger partial charge in [0, 0.05) is 24.9 Å². The summed E-state index contributed by atoms with van der Waals surface area (Å²) < 4.78 is 35.1. The molecule has 1 aromatic rings. The van der Waals surface area contributed by atoms with Gasteiger partial charge in [0.15, 0.2) is 0 Å². The molecule has 0 bridgehead atoms. The van der Waals surface area contributed by atoms with Crippen molar-refractivity contribution >= 4 is 0 Å². The molecule has 14 heavy (non-hydrogen) atoms. The summed E-state index contributed by atoms with van der Waals surface area (Å²) in [7, 11) is 0. The quantitative estimate of drug-likeness (QED) is 0.756. The third kappa shape index (κ3) is 4.81. The lowest BCUT2D eigenvalue weighted by Gasteiger charge is -2.07. The lowest BCUT2D eigenvalue weighted by molar-refractivity contribution is -0.124. The van der Waals surface area contributed by atoms with Gasteiger partial charge in [0.05, 0.1) is 6.54 Å². The van der Waals surface area contributed by atoms with Crippen LogP contribution < -0.4 is 5.32 Å². The maximum Gasteiger partial charge on any atom is 0.401 e. The van der Waals surface area contributed by atoms with E-state index in [-0.39, 0.29) is 6.54 Å². The minimum atomic E-state index is -4.13. The van der Waals surface area contributed by atoms with E-state index in [1.54, 1.807) is 18.3 Å². The Balaban J connectivity index is 2.17. The second kappa shape index (κ2) is 4.95. The number of nitrogens with one attached hydrogen (secondary N) is 1. The summed E-state index contributed by atoms with van der Waals surface area (Å²) in [4.78, 5) is 3.99. The molecule has 0 aliphatic carbocycles. The van der Waals surface area contributed by atoms with Crippen LogP contribution in [0.25, 0.3) is 0 Å². The van der Waals surface area contributed by atoms with Gasteiger partial charge >= 0.3 is 6.18 Å². The predicted octanol–water partition coefficient (Wildman–Crippen LogP) is 1.78. The van der Waals surface area contributed by atoms with Gasteiger partial charge in [-0.15, -0.1) is 0 Å². The first-order valence-corrected chi connectivity index (χ1v) is 4.25. The summed E-state index contributed by atoms with van der Waals surface area (Å²) in [5.41, 5.74) is 0.794. The Labute approximate surface area is 80.2 Å². The van der Waals surface area contributed by atoms with Crippen LogP contribution >= 0.6 is 0 Å². The molecular weight excluding hydrogens is 193 g/mol. The van der Waals surface area contributed by atoms with Gasteiger partial charge in [-0.25, -0.2) is 0 Å². The Morgan fingerprint density at radius 1 is 1.29 bits per heavy atom. The standard InChI is InChI=1S/C9H11F3N2/c10-9(11,12)7-13-6-4-8-3-1-2-5-14-8/h1-3,5,13H,4,6-7H2. The first-order chi connectivity index (χ1) is 6.58. The predicted molar refractivity (Wildman–Crippen MR) is 46.9 cm³/mol. The van der Waals surface area contributed by atoms with E-state index >= 15 is 0 Å². The van der Waals surface area contributed by atoms with Crippen molar-refractivity contribution in [2.24, 2.45) is 0 Å². The summed E-state index contributed by atoms with van der Waals surface area (Å²) >= 11 is 0. The number of pyridine rings is 1. The molecule has 1 heterocycles. The fourth-order valence-electron chi connectivity index (χ4n) is 0.993. The molecule has 0 amide bonds. The fourth-order valence-corrected chi connectivity index (χ4v) is 0.993. The molecule has 0 aromatic carbocycles. The molecular formula is C9H11F3N2. The van der Waals surface area contributed by atoms with Crippen LogP contribution in [0.5, 0.6) is 0 Å². The summed E-state index contributed by atoms with van der Waals surface area (Å²) in [5, 5.41) is 2.31. The summed E-state index contributed by atoms with van der Waals surface area (Å²) in [6, 6.07) is 5.37. The zero-order valence-corrected chi connectivity index (χ0v) is 7.51. The van der Waals surface area contributed by atoms with E-state index in [2.05, 4.69) is 10.3 Å². The van der Waals surface area contributed by atoms with E-state index in [0.29, 0.717) is 6.42 Å². The maximum absolute atomic E-state index is 11.7. The van der Waals surface area contributed by atoms with Crippen molar-refractivity contribution in [3.63, 3.8) is 0 Å². The molecule has 1 rings (SSSR count). The number of hydrogen-bond donors (Lipinski definition) is 1. The zero-order valence-electron chi connectivity index (χ0n) is 7.51. The Morgan fingerprint density at radius 2 is 2.07 bits per heavy atom. The molecule has 1 aromatic heterocycles. The van der Waals surface area contributed by atoms with Crippen molar-refractivity contribution in [1.82, 2.24) is 10.3 Å². The van der Waals surface area contributed by atoms with Crippen LogP contribution in [-0.4, -0.2) is 24.2 Å². The number of hydrogen-bond acceptors (Lipinski definition) is 2. The first kappa shape index (κ1) is 11.0. The maximum atomic E-state index is 11.7. The lowest BCUT2D eigenvalue weighted by atomic mass is 10.3. The second-order valence-electron chi connectivity index (χ2n) is 2.86. The highest BCUT2D eigenvalue weighted by atomic mass is 19.4. The minimum Gasteiger partial charge on any atom is -0.308 e. The smallest absolute Gasteiger partial charge is 0.308 e. The second-order valence-corrected chi connectivity index (χ2v) is 2.86. The van der Waals surface area contributed by atoms with Crippen LogP contribution in [0.4, 0.5) is 13.2 Å². The molecule has 0 saturated heterocycles. The van der Waals surface area contributed by atoms with Crippen molar-refractivity contribution in [1.29, 1.82) is 0 Å². The molecule has 0 aliphatic rings. The molecule has 0 unspecified atom stereocenters. The number of rotatable bonds is 4. The number of halogens is 3. The van der Waals surface area contributed by atoms with Gasteiger partial charge in [-0.05, 0) is 12.1 Å². The highest BCUT2D eigenvalue weighted by Gasteiger charge is 2.25. The van der Waals surface area contributed by atoms with Gasteiger partial charge in [-0.3, -0.25) is 4.98 Å². The van der Waals surface area contributed by atoms with Gasteiger partial charge in [0.2, 0.25) is 0 Å². The summed E-state index contributed by atoms with van der Waals surface area (Å²) in [5.74, 6) is 0. The normalized spacial score (nSPS) is 11.6. The third-order valence-electron chi connectivity index (χ3n) is 1.61. The Kier molecular flexibility index (Phi) is 3.88. The largest absolute Gasteiger partial charge is 0.401 e. The molecule has 0 radical (unpaired) electrons. The van der Waals surface area contributed by atoms with Gasteiger partial charge < -0.3 is 5.32 Å². The molecule has 1 N–H and O–H groups in total. The van der Waals surface area contributed by atoms with Crippen LogP contribution in [0, 0.1) is 0 Å². The first-order valence-electron chi connectivity index (χ1n) is 4.25. The molecule has 0 spiro atoms. The van der Waals surface area contributed by atoms with Crippen molar-refractivity contribution in [3.05, 3.63) is 30.1 Å². The number of nitrogens with zero attached hydrogens (tertiary/aromatic N) is 1. The minimum absolute atomic E-state index is 0.288. The van der Waals surface area contributed by atoms with E-state index in [9.17, 15) is 13.2 Å². The Hall–Kier alpha value is -1.10. The zero-order chi connectivity index (χ0) is 10.4. The van der Waals surface area contributed by atoms with Crippen molar-refractivity contribution in [2.75, 3.05) is 13.1 Å². The average molecular weight is 204 g/mol. The van der Waals surface area contributed by atoms with E-state index in [1.165, 1.54) is 0 Å². The van der Waals surface area contributed by atoms with E-state index in [1.807, 2.05) is 6.07 Å². The summed E-state index contributed by atoms with van der Waals surface area (Å²) in [6.45, 7) is -0.656. The molecule has 0 fully saturated rings. The average Bonchev–Trinajstić information content (AvgIpc) is 2.13. The fraction of sp³-hybridized carbons (Fsp3) is 0.444.